The molecule has 6 heteroatoms. The molecular weight excluding hydrogens is 287 g/mol. The summed E-state index contributed by atoms with van der Waals surface area (Å²) in [6, 6.07) is 2.95. The van der Waals surface area contributed by atoms with E-state index in [9.17, 15) is 17.6 Å². The third-order valence-corrected chi connectivity index (χ3v) is 2.63. The minimum Gasteiger partial charge on any atom is -0.206 e. The lowest BCUT2D eigenvalue weighted by Gasteiger charge is -2.13. The molecule has 0 radical (unpaired) electrons. The second-order valence-electron chi connectivity index (χ2n) is 2.58. The van der Waals surface area contributed by atoms with Gasteiger partial charge in [-0.1, -0.05) is 6.07 Å². The van der Waals surface area contributed by atoms with E-state index in [1.54, 1.807) is 0 Å². The lowest BCUT2D eigenvalue weighted by molar-refractivity contribution is -0.131. The van der Waals surface area contributed by atoms with Gasteiger partial charge in [0.2, 0.25) is 0 Å². The van der Waals surface area contributed by atoms with Crippen LogP contribution in [0.2, 0.25) is 0 Å². The number of rotatable bonds is 1. The Balaban J connectivity index is 3.03. The van der Waals surface area contributed by atoms with Crippen molar-refractivity contribution in [3.63, 3.8) is 0 Å². The van der Waals surface area contributed by atoms with Crippen LogP contribution in [0.15, 0.2) is 22.7 Å². The summed E-state index contributed by atoms with van der Waals surface area (Å²) in [5, 5.41) is -2.11. The Labute approximate surface area is 91.0 Å². The largest absolute Gasteiger partial charge is 0.408 e. The van der Waals surface area contributed by atoms with Crippen LogP contribution in [0.4, 0.5) is 17.6 Å². The van der Waals surface area contributed by atoms with Gasteiger partial charge in [0.05, 0.1) is 4.47 Å². The molecule has 0 saturated carbocycles. The van der Waals surface area contributed by atoms with E-state index in [0.717, 1.165) is 18.2 Å². The highest BCUT2D eigenvalue weighted by molar-refractivity contribution is 9.10. The Morgan fingerprint density at radius 2 is 1.86 bits per heavy atom. The van der Waals surface area contributed by atoms with Crippen molar-refractivity contribution in [2.24, 2.45) is 0 Å². The number of hydrogen-bond acceptors (Lipinski definition) is 0. The molecule has 0 aliphatic rings. The molecule has 0 heterocycles. The lowest BCUT2D eigenvalue weighted by atomic mass is 10.1. The van der Waals surface area contributed by atoms with Crippen molar-refractivity contribution in [2.45, 2.75) is 11.6 Å². The molecule has 0 bridgehead atoms. The van der Waals surface area contributed by atoms with Gasteiger partial charge in [-0.3, -0.25) is 0 Å². The van der Waals surface area contributed by atoms with Crippen molar-refractivity contribution < 1.29 is 17.6 Å². The first-order valence-electron chi connectivity index (χ1n) is 3.48. The molecule has 14 heavy (non-hydrogen) atoms. The summed E-state index contributed by atoms with van der Waals surface area (Å²) in [6.07, 6.45) is -4.53. The van der Waals surface area contributed by atoms with E-state index in [1.165, 1.54) is 0 Å². The lowest BCUT2D eigenvalue weighted by Crippen LogP contribution is -2.15. The number of hydrogen-bond donors (Lipinski definition) is 0. The summed E-state index contributed by atoms with van der Waals surface area (Å²) in [7, 11) is 0. The van der Waals surface area contributed by atoms with Crippen LogP contribution in [-0.2, 0) is 0 Å². The van der Waals surface area contributed by atoms with Crippen molar-refractivity contribution in [2.75, 3.05) is 0 Å². The molecule has 0 nitrogen and oxygen atoms in total. The van der Waals surface area contributed by atoms with Crippen LogP contribution in [0.1, 0.15) is 10.9 Å². The van der Waals surface area contributed by atoms with Crippen LogP contribution in [0.25, 0.3) is 0 Å². The van der Waals surface area contributed by atoms with Crippen LogP contribution >= 0.6 is 27.5 Å². The highest BCUT2D eigenvalue weighted by atomic mass is 79.9. The maximum Gasteiger partial charge on any atom is 0.408 e. The summed E-state index contributed by atoms with van der Waals surface area (Å²) in [4.78, 5) is 0. The molecule has 1 rings (SSSR count). The normalized spacial score (nSPS) is 14.1. The van der Waals surface area contributed by atoms with E-state index in [0.29, 0.717) is 0 Å². The Morgan fingerprint density at radius 1 is 1.29 bits per heavy atom. The first kappa shape index (κ1) is 11.8. The molecule has 1 aromatic carbocycles. The predicted octanol–water partition coefficient (Wildman–Crippen LogP) is 4.43. The van der Waals surface area contributed by atoms with Crippen LogP contribution in [0, 0.1) is 5.82 Å². The summed E-state index contributed by atoms with van der Waals surface area (Å²) in [6.45, 7) is 0. The van der Waals surface area contributed by atoms with Crippen LogP contribution in [0.3, 0.4) is 0 Å². The Morgan fingerprint density at radius 3 is 2.29 bits per heavy atom. The summed E-state index contributed by atoms with van der Waals surface area (Å²) < 4.78 is 49.0. The second-order valence-corrected chi connectivity index (χ2v) is 3.87. The highest BCUT2D eigenvalue weighted by Crippen LogP contribution is 2.38. The molecule has 1 unspecified atom stereocenters. The number of halogens is 6. The first-order valence-corrected chi connectivity index (χ1v) is 4.71. The van der Waals surface area contributed by atoms with E-state index < -0.39 is 17.4 Å². The van der Waals surface area contributed by atoms with Gasteiger partial charge in [0.25, 0.3) is 0 Å². The van der Waals surface area contributed by atoms with Gasteiger partial charge in [0.1, 0.15) is 5.82 Å². The van der Waals surface area contributed by atoms with Crippen molar-refractivity contribution >= 4 is 27.5 Å². The molecule has 78 valence electrons. The maximum absolute atomic E-state index is 12.7. The molecule has 0 fully saturated rings. The zero-order valence-corrected chi connectivity index (χ0v) is 8.92. The molecular formula is C8H4BrClF4. The first-order chi connectivity index (χ1) is 6.32. The monoisotopic (exact) mass is 290 g/mol. The number of benzene rings is 1. The minimum atomic E-state index is -4.53. The molecule has 0 spiro atoms. The summed E-state index contributed by atoms with van der Waals surface area (Å²) >= 11 is 7.92. The smallest absolute Gasteiger partial charge is 0.206 e. The van der Waals surface area contributed by atoms with Crippen LogP contribution in [0.5, 0.6) is 0 Å². The molecule has 0 amide bonds. The maximum atomic E-state index is 12.7. The molecule has 0 saturated heterocycles. The van der Waals surface area contributed by atoms with Crippen molar-refractivity contribution in [3.05, 3.63) is 34.1 Å². The Kier molecular flexibility index (Phi) is 3.42. The minimum absolute atomic E-state index is 0.0371. The average molecular weight is 291 g/mol. The summed E-state index contributed by atoms with van der Waals surface area (Å²) in [5.41, 5.74) is -0.188. The van der Waals surface area contributed by atoms with E-state index in [2.05, 4.69) is 15.9 Å². The fourth-order valence-corrected chi connectivity index (χ4v) is 1.39. The second kappa shape index (κ2) is 4.06. The van der Waals surface area contributed by atoms with Gasteiger partial charge < -0.3 is 0 Å². The van der Waals surface area contributed by atoms with Gasteiger partial charge in [0, 0.05) is 0 Å². The van der Waals surface area contributed by atoms with E-state index in [-0.39, 0.29) is 10.0 Å². The standard InChI is InChI=1S/C8H4BrClF4/c9-5-3-4(1-2-6(5)11)7(10)8(12,13)14/h1-3,7H. The van der Waals surface area contributed by atoms with Gasteiger partial charge in [-0.2, -0.15) is 13.2 Å². The molecule has 0 aliphatic heterocycles. The van der Waals surface area contributed by atoms with Crippen molar-refractivity contribution in [1.29, 1.82) is 0 Å². The third kappa shape index (κ3) is 2.60. The SMILES string of the molecule is Fc1ccc(C(Cl)C(F)(F)F)cc1Br. The molecule has 0 aliphatic carbocycles. The van der Waals surface area contributed by atoms with Gasteiger partial charge in [-0.15, -0.1) is 11.6 Å². The van der Waals surface area contributed by atoms with Crippen LogP contribution in [-0.4, -0.2) is 6.18 Å². The Hall–Kier alpha value is -0.290. The van der Waals surface area contributed by atoms with E-state index >= 15 is 0 Å². The topological polar surface area (TPSA) is 0 Å². The van der Waals surface area contributed by atoms with E-state index in [4.69, 9.17) is 11.6 Å². The van der Waals surface area contributed by atoms with E-state index in [1.807, 2.05) is 0 Å². The zero-order valence-electron chi connectivity index (χ0n) is 6.58. The van der Waals surface area contributed by atoms with Crippen molar-refractivity contribution in [1.82, 2.24) is 0 Å². The fourth-order valence-electron chi connectivity index (χ4n) is 0.859. The van der Waals surface area contributed by atoms with Crippen LogP contribution < -0.4 is 0 Å². The zero-order chi connectivity index (χ0) is 10.9. The quantitative estimate of drug-likeness (QED) is 0.530. The third-order valence-electron chi connectivity index (χ3n) is 1.52. The molecule has 1 aromatic rings. The predicted molar refractivity (Wildman–Crippen MR) is 48.7 cm³/mol. The van der Waals surface area contributed by atoms with Gasteiger partial charge in [-0.05, 0) is 33.6 Å². The number of alkyl halides is 4. The van der Waals surface area contributed by atoms with Gasteiger partial charge >= 0.3 is 6.18 Å². The van der Waals surface area contributed by atoms with Gasteiger partial charge in [-0.25, -0.2) is 4.39 Å². The van der Waals surface area contributed by atoms with Gasteiger partial charge in [0.15, 0.2) is 5.38 Å². The fraction of sp³-hybridized carbons (Fsp3) is 0.250. The molecule has 0 aromatic heterocycles. The summed E-state index contributed by atoms with van der Waals surface area (Å²) in [5.74, 6) is -0.625. The van der Waals surface area contributed by atoms with Crippen molar-refractivity contribution in [3.8, 4) is 0 Å². The average Bonchev–Trinajstić information content (AvgIpc) is 2.07. The molecule has 1 atom stereocenters. The highest BCUT2D eigenvalue weighted by Gasteiger charge is 2.39. The molecule has 0 N–H and O–H groups in total. The Bertz CT molecular complexity index is 337.